The standard InChI is InChI=1S/C11H14ClNO2/c1-8-9(12)5-4-6-10(8)13(2)7-11(14)15-3/h4-6H,7H2,1-3H3. The SMILES string of the molecule is COC(=O)CN(C)c1cccc(Cl)c1C. The van der Waals surface area contributed by atoms with Gasteiger partial charge in [-0.15, -0.1) is 0 Å². The quantitative estimate of drug-likeness (QED) is 0.742. The molecule has 0 aromatic heterocycles. The van der Waals surface area contributed by atoms with Crippen LogP contribution in [-0.2, 0) is 9.53 Å². The van der Waals surface area contributed by atoms with Gasteiger partial charge in [0.1, 0.15) is 6.54 Å². The highest BCUT2D eigenvalue weighted by atomic mass is 35.5. The first-order valence-electron chi connectivity index (χ1n) is 4.59. The van der Waals surface area contributed by atoms with Gasteiger partial charge in [-0.1, -0.05) is 17.7 Å². The predicted octanol–water partition coefficient (Wildman–Crippen LogP) is 2.26. The van der Waals surface area contributed by atoms with Gasteiger partial charge in [0.25, 0.3) is 0 Å². The average molecular weight is 228 g/mol. The number of hydrogen-bond acceptors (Lipinski definition) is 3. The van der Waals surface area contributed by atoms with Crippen molar-refractivity contribution < 1.29 is 9.53 Å². The van der Waals surface area contributed by atoms with Crippen molar-refractivity contribution in [1.29, 1.82) is 0 Å². The molecule has 0 saturated carbocycles. The lowest BCUT2D eigenvalue weighted by atomic mass is 10.2. The van der Waals surface area contributed by atoms with Crippen LogP contribution >= 0.6 is 11.6 Å². The Morgan fingerprint density at radius 1 is 1.53 bits per heavy atom. The molecular weight excluding hydrogens is 214 g/mol. The van der Waals surface area contributed by atoms with Crippen molar-refractivity contribution in [2.24, 2.45) is 0 Å². The Bertz CT molecular complexity index is 366. The molecule has 0 bridgehead atoms. The van der Waals surface area contributed by atoms with Crippen LogP contribution in [0.25, 0.3) is 0 Å². The van der Waals surface area contributed by atoms with Gasteiger partial charge in [-0.3, -0.25) is 4.79 Å². The highest BCUT2D eigenvalue weighted by molar-refractivity contribution is 6.31. The first-order chi connectivity index (χ1) is 7.06. The second-order valence-corrected chi connectivity index (χ2v) is 3.72. The van der Waals surface area contributed by atoms with E-state index in [9.17, 15) is 4.79 Å². The van der Waals surface area contributed by atoms with Crippen LogP contribution in [0.3, 0.4) is 0 Å². The van der Waals surface area contributed by atoms with Crippen LogP contribution in [0.4, 0.5) is 5.69 Å². The number of hydrogen-bond donors (Lipinski definition) is 0. The molecule has 0 unspecified atom stereocenters. The lowest BCUT2D eigenvalue weighted by Crippen LogP contribution is -2.26. The molecule has 0 atom stereocenters. The molecule has 3 nitrogen and oxygen atoms in total. The lowest BCUT2D eigenvalue weighted by Gasteiger charge is -2.20. The van der Waals surface area contributed by atoms with Crippen LogP contribution < -0.4 is 4.90 Å². The number of carbonyl (C=O) groups excluding carboxylic acids is 1. The van der Waals surface area contributed by atoms with Crippen LogP contribution in [0.15, 0.2) is 18.2 Å². The molecule has 1 rings (SSSR count). The van der Waals surface area contributed by atoms with E-state index in [1.54, 1.807) is 0 Å². The third-order valence-electron chi connectivity index (χ3n) is 2.24. The van der Waals surface area contributed by atoms with Crippen molar-refractivity contribution in [3.8, 4) is 0 Å². The zero-order chi connectivity index (χ0) is 11.4. The van der Waals surface area contributed by atoms with Crippen molar-refractivity contribution in [3.63, 3.8) is 0 Å². The second-order valence-electron chi connectivity index (χ2n) is 3.32. The molecule has 15 heavy (non-hydrogen) atoms. The number of rotatable bonds is 3. The predicted molar refractivity (Wildman–Crippen MR) is 61.5 cm³/mol. The fraction of sp³-hybridized carbons (Fsp3) is 0.364. The molecule has 0 spiro atoms. The summed E-state index contributed by atoms with van der Waals surface area (Å²) in [5.74, 6) is -0.267. The normalized spacial score (nSPS) is 9.87. The van der Waals surface area contributed by atoms with Crippen LogP contribution in [0.5, 0.6) is 0 Å². The van der Waals surface area contributed by atoms with Gasteiger partial charge in [0, 0.05) is 17.8 Å². The van der Waals surface area contributed by atoms with Crippen LogP contribution in [-0.4, -0.2) is 26.7 Å². The largest absolute Gasteiger partial charge is 0.468 e. The zero-order valence-corrected chi connectivity index (χ0v) is 9.84. The third kappa shape index (κ3) is 2.86. The van der Waals surface area contributed by atoms with Gasteiger partial charge in [-0.25, -0.2) is 0 Å². The molecule has 0 N–H and O–H groups in total. The number of halogens is 1. The summed E-state index contributed by atoms with van der Waals surface area (Å²) in [5.41, 5.74) is 1.90. The Hall–Kier alpha value is -1.22. The molecule has 82 valence electrons. The molecule has 0 saturated heterocycles. The molecule has 0 aliphatic heterocycles. The Labute approximate surface area is 94.6 Å². The first-order valence-corrected chi connectivity index (χ1v) is 4.97. The van der Waals surface area contributed by atoms with Gasteiger partial charge in [0.2, 0.25) is 0 Å². The minimum Gasteiger partial charge on any atom is -0.468 e. The number of methoxy groups -OCH3 is 1. The molecule has 1 aromatic rings. The topological polar surface area (TPSA) is 29.5 Å². The maximum absolute atomic E-state index is 11.1. The summed E-state index contributed by atoms with van der Waals surface area (Å²) in [6.45, 7) is 2.14. The number of carbonyl (C=O) groups is 1. The Balaban J connectivity index is 2.86. The summed E-state index contributed by atoms with van der Waals surface area (Å²) in [7, 11) is 3.20. The molecule has 0 aliphatic carbocycles. The lowest BCUT2D eigenvalue weighted by molar-refractivity contribution is -0.138. The molecule has 0 aliphatic rings. The second kappa shape index (κ2) is 5.03. The van der Waals surface area contributed by atoms with Crippen LogP contribution in [0.1, 0.15) is 5.56 Å². The van der Waals surface area contributed by atoms with E-state index < -0.39 is 0 Å². The van der Waals surface area contributed by atoms with Crippen molar-refractivity contribution in [1.82, 2.24) is 0 Å². The van der Waals surface area contributed by atoms with Gasteiger partial charge in [0.15, 0.2) is 0 Å². The van der Waals surface area contributed by atoms with Gasteiger partial charge in [-0.05, 0) is 24.6 Å². The first kappa shape index (κ1) is 11.9. The monoisotopic (exact) mass is 227 g/mol. The Morgan fingerprint density at radius 3 is 2.80 bits per heavy atom. The number of ether oxygens (including phenoxy) is 1. The van der Waals surface area contributed by atoms with Crippen molar-refractivity contribution in [2.45, 2.75) is 6.92 Å². The number of anilines is 1. The maximum atomic E-state index is 11.1. The van der Waals surface area contributed by atoms with E-state index in [0.29, 0.717) is 5.02 Å². The molecule has 4 heteroatoms. The van der Waals surface area contributed by atoms with Crippen molar-refractivity contribution in [2.75, 3.05) is 25.6 Å². The maximum Gasteiger partial charge on any atom is 0.325 e. The molecule has 0 fully saturated rings. The van der Waals surface area contributed by atoms with Crippen molar-refractivity contribution >= 4 is 23.3 Å². The fourth-order valence-electron chi connectivity index (χ4n) is 1.35. The number of likely N-dealkylation sites (N-methyl/N-ethyl adjacent to an activating group) is 1. The highest BCUT2D eigenvalue weighted by Gasteiger charge is 2.10. The Morgan fingerprint density at radius 2 is 2.20 bits per heavy atom. The fourth-order valence-corrected chi connectivity index (χ4v) is 1.52. The van der Waals surface area contributed by atoms with E-state index in [4.69, 9.17) is 11.6 Å². The molecular formula is C11H14ClNO2. The summed E-state index contributed by atoms with van der Waals surface area (Å²) >= 11 is 5.99. The van der Waals surface area contributed by atoms with Crippen LogP contribution in [0, 0.1) is 6.92 Å². The average Bonchev–Trinajstić information content (AvgIpc) is 2.21. The van der Waals surface area contributed by atoms with E-state index in [1.165, 1.54) is 7.11 Å². The zero-order valence-electron chi connectivity index (χ0n) is 9.08. The number of esters is 1. The minimum absolute atomic E-state index is 0.220. The molecule has 0 amide bonds. The number of benzene rings is 1. The summed E-state index contributed by atoms with van der Waals surface area (Å²) in [6.07, 6.45) is 0. The van der Waals surface area contributed by atoms with Crippen LogP contribution in [0.2, 0.25) is 5.02 Å². The summed E-state index contributed by atoms with van der Waals surface area (Å²) < 4.78 is 4.60. The van der Waals surface area contributed by atoms with E-state index in [-0.39, 0.29) is 12.5 Å². The molecule has 0 radical (unpaired) electrons. The highest BCUT2D eigenvalue weighted by Crippen LogP contribution is 2.25. The smallest absolute Gasteiger partial charge is 0.325 e. The third-order valence-corrected chi connectivity index (χ3v) is 2.65. The van der Waals surface area contributed by atoms with E-state index in [2.05, 4.69) is 4.74 Å². The summed E-state index contributed by atoms with van der Waals surface area (Å²) in [6, 6.07) is 5.61. The van der Waals surface area contributed by atoms with Gasteiger partial charge in [-0.2, -0.15) is 0 Å². The Kier molecular flexibility index (Phi) is 3.97. The van der Waals surface area contributed by atoms with Gasteiger partial charge in [0.05, 0.1) is 7.11 Å². The summed E-state index contributed by atoms with van der Waals surface area (Å²) in [4.78, 5) is 12.9. The summed E-state index contributed by atoms with van der Waals surface area (Å²) in [5, 5.41) is 0.698. The van der Waals surface area contributed by atoms with Gasteiger partial charge >= 0.3 is 5.97 Å². The van der Waals surface area contributed by atoms with Crippen molar-refractivity contribution in [3.05, 3.63) is 28.8 Å². The van der Waals surface area contributed by atoms with E-state index >= 15 is 0 Å². The van der Waals surface area contributed by atoms with Gasteiger partial charge < -0.3 is 9.64 Å². The van der Waals surface area contributed by atoms with E-state index in [0.717, 1.165) is 11.3 Å². The minimum atomic E-state index is -0.267. The molecule has 0 heterocycles. The molecule has 1 aromatic carbocycles. The number of nitrogens with zero attached hydrogens (tertiary/aromatic N) is 1. The van der Waals surface area contributed by atoms with E-state index in [1.807, 2.05) is 37.1 Å².